The normalized spacial score (nSPS) is 20.2. The van der Waals surface area contributed by atoms with Gasteiger partial charge >= 0.3 is 0 Å². The summed E-state index contributed by atoms with van der Waals surface area (Å²) in [5.74, 6) is -0.711. The van der Waals surface area contributed by atoms with Gasteiger partial charge in [0.15, 0.2) is 9.84 Å². The number of fused-ring (bicyclic) bond motifs is 1. The van der Waals surface area contributed by atoms with Gasteiger partial charge in [-0.05, 0) is 31.5 Å². The van der Waals surface area contributed by atoms with Gasteiger partial charge in [-0.25, -0.2) is 12.8 Å². The summed E-state index contributed by atoms with van der Waals surface area (Å²) < 4.78 is 36.2. The Morgan fingerprint density at radius 1 is 1.36 bits per heavy atom. The van der Waals surface area contributed by atoms with Crippen LogP contribution in [0.25, 0.3) is 10.9 Å². The first-order valence-electron chi connectivity index (χ1n) is 6.92. The predicted molar refractivity (Wildman–Crippen MR) is 81.0 cm³/mol. The quantitative estimate of drug-likeness (QED) is 0.911. The van der Waals surface area contributed by atoms with Crippen LogP contribution in [0, 0.1) is 12.7 Å². The van der Waals surface area contributed by atoms with E-state index in [1.54, 1.807) is 13.0 Å². The van der Waals surface area contributed by atoms with E-state index in [4.69, 9.17) is 0 Å². The van der Waals surface area contributed by atoms with Gasteiger partial charge in [-0.3, -0.25) is 9.78 Å². The first-order chi connectivity index (χ1) is 10.3. The Balaban J connectivity index is 1.94. The monoisotopic (exact) mass is 322 g/mol. The molecule has 0 radical (unpaired) electrons. The van der Waals surface area contributed by atoms with Crippen molar-refractivity contribution in [2.24, 2.45) is 0 Å². The molecule has 7 heteroatoms. The highest BCUT2D eigenvalue weighted by Gasteiger charge is 2.29. The number of pyridine rings is 1. The number of nitrogens with one attached hydrogen (secondary N) is 1. The van der Waals surface area contributed by atoms with Crippen LogP contribution >= 0.6 is 0 Å². The number of carbonyl (C=O) groups is 1. The van der Waals surface area contributed by atoms with E-state index in [1.165, 1.54) is 18.2 Å². The maximum absolute atomic E-state index is 13.3. The van der Waals surface area contributed by atoms with Crippen LogP contribution in [0.2, 0.25) is 0 Å². The van der Waals surface area contributed by atoms with E-state index >= 15 is 0 Å². The Hall–Kier alpha value is -2.02. The van der Waals surface area contributed by atoms with Gasteiger partial charge in [-0.1, -0.05) is 0 Å². The van der Waals surface area contributed by atoms with E-state index < -0.39 is 15.7 Å². The number of hydrogen-bond donors (Lipinski definition) is 1. The van der Waals surface area contributed by atoms with Crippen molar-refractivity contribution >= 4 is 26.6 Å². The van der Waals surface area contributed by atoms with Crippen molar-refractivity contribution in [2.45, 2.75) is 19.4 Å². The number of nitrogens with zero attached hydrogens (tertiary/aromatic N) is 1. The van der Waals surface area contributed by atoms with Crippen LogP contribution in [0.3, 0.4) is 0 Å². The lowest BCUT2D eigenvalue weighted by Gasteiger charge is -2.13. The minimum atomic E-state index is -3.06. The Bertz CT molecular complexity index is 859. The van der Waals surface area contributed by atoms with E-state index in [0.29, 0.717) is 28.6 Å². The summed E-state index contributed by atoms with van der Waals surface area (Å²) >= 11 is 0. The number of aryl methyl sites for hydroxylation is 1. The minimum Gasteiger partial charge on any atom is -0.348 e. The fourth-order valence-corrected chi connectivity index (χ4v) is 4.37. The van der Waals surface area contributed by atoms with Crippen molar-refractivity contribution in [3.63, 3.8) is 0 Å². The molecular formula is C15H15FN2O3S. The molecule has 2 aromatic rings. The van der Waals surface area contributed by atoms with E-state index in [-0.39, 0.29) is 23.5 Å². The van der Waals surface area contributed by atoms with Gasteiger partial charge in [-0.15, -0.1) is 0 Å². The Morgan fingerprint density at radius 3 is 2.82 bits per heavy atom. The molecule has 1 aliphatic heterocycles. The molecule has 1 atom stereocenters. The highest BCUT2D eigenvalue weighted by Crippen LogP contribution is 2.20. The summed E-state index contributed by atoms with van der Waals surface area (Å²) in [6.45, 7) is 1.72. The van der Waals surface area contributed by atoms with Gasteiger partial charge in [0.25, 0.3) is 5.91 Å². The molecule has 1 unspecified atom stereocenters. The first kappa shape index (κ1) is 14.9. The van der Waals surface area contributed by atoms with Crippen molar-refractivity contribution in [3.05, 3.63) is 41.3 Å². The van der Waals surface area contributed by atoms with Crippen LogP contribution in [0.1, 0.15) is 22.5 Å². The Labute approximate surface area is 127 Å². The highest BCUT2D eigenvalue weighted by molar-refractivity contribution is 7.91. The number of benzene rings is 1. The molecule has 0 aliphatic carbocycles. The lowest BCUT2D eigenvalue weighted by molar-refractivity contribution is 0.0942. The molecule has 1 saturated heterocycles. The molecule has 1 aromatic heterocycles. The average molecular weight is 322 g/mol. The van der Waals surface area contributed by atoms with Crippen molar-refractivity contribution in [1.29, 1.82) is 0 Å². The van der Waals surface area contributed by atoms with Crippen LogP contribution in [0.15, 0.2) is 24.3 Å². The van der Waals surface area contributed by atoms with E-state index in [1.807, 2.05) is 0 Å². The van der Waals surface area contributed by atoms with Gasteiger partial charge in [0.2, 0.25) is 0 Å². The molecule has 1 N–H and O–H groups in total. The SMILES string of the molecule is Cc1cc(C(=O)NC2CCS(=O)(=O)C2)c2ccc(F)cc2n1. The molecule has 3 rings (SSSR count). The third-order valence-electron chi connectivity index (χ3n) is 3.71. The zero-order valence-corrected chi connectivity index (χ0v) is 12.8. The fourth-order valence-electron chi connectivity index (χ4n) is 2.69. The second kappa shape index (κ2) is 5.31. The van der Waals surface area contributed by atoms with Crippen molar-refractivity contribution in [3.8, 4) is 0 Å². The largest absolute Gasteiger partial charge is 0.348 e. The third-order valence-corrected chi connectivity index (χ3v) is 5.48. The van der Waals surface area contributed by atoms with Crippen LogP contribution in [0.4, 0.5) is 4.39 Å². The van der Waals surface area contributed by atoms with Crippen LogP contribution in [-0.2, 0) is 9.84 Å². The Kier molecular flexibility index (Phi) is 3.60. The summed E-state index contributed by atoms with van der Waals surface area (Å²) in [7, 11) is -3.06. The molecular weight excluding hydrogens is 307 g/mol. The van der Waals surface area contributed by atoms with Crippen molar-refractivity contribution in [2.75, 3.05) is 11.5 Å². The molecule has 22 heavy (non-hydrogen) atoms. The van der Waals surface area contributed by atoms with Crippen LogP contribution < -0.4 is 5.32 Å². The minimum absolute atomic E-state index is 0.0324. The van der Waals surface area contributed by atoms with Gasteiger partial charge < -0.3 is 5.32 Å². The molecule has 0 spiro atoms. The Morgan fingerprint density at radius 2 is 2.14 bits per heavy atom. The van der Waals surface area contributed by atoms with Gasteiger partial charge in [0, 0.05) is 23.2 Å². The van der Waals surface area contributed by atoms with Crippen LogP contribution in [-0.4, -0.2) is 36.9 Å². The molecule has 116 valence electrons. The average Bonchev–Trinajstić information content (AvgIpc) is 2.76. The second-order valence-electron chi connectivity index (χ2n) is 5.55. The van der Waals surface area contributed by atoms with Gasteiger partial charge in [-0.2, -0.15) is 0 Å². The molecule has 1 amide bonds. The zero-order chi connectivity index (χ0) is 15.9. The number of hydrogen-bond acceptors (Lipinski definition) is 4. The lowest BCUT2D eigenvalue weighted by atomic mass is 10.1. The van der Waals surface area contributed by atoms with Crippen molar-refractivity contribution < 1.29 is 17.6 Å². The second-order valence-corrected chi connectivity index (χ2v) is 7.77. The fraction of sp³-hybridized carbons (Fsp3) is 0.333. The number of sulfone groups is 1. The lowest BCUT2D eigenvalue weighted by Crippen LogP contribution is -2.35. The predicted octanol–water partition coefficient (Wildman–Crippen LogP) is 1.60. The molecule has 0 saturated carbocycles. The first-order valence-corrected chi connectivity index (χ1v) is 8.74. The molecule has 5 nitrogen and oxygen atoms in total. The summed E-state index contributed by atoms with van der Waals surface area (Å²) in [5, 5.41) is 3.29. The molecule has 1 aliphatic rings. The molecule has 1 fully saturated rings. The molecule has 1 aromatic carbocycles. The number of aromatic nitrogens is 1. The van der Waals surface area contributed by atoms with Crippen LogP contribution in [0.5, 0.6) is 0 Å². The number of amides is 1. The van der Waals surface area contributed by atoms with Crippen molar-refractivity contribution in [1.82, 2.24) is 10.3 Å². The summed E-state index contributed by atoms with van der Waals surface area (Å²) in [4.78, 5) is 16.7. The maximum Gasteiger partial charge on any atom is 0.252 e. The van der Waals surface area contributed by atoms with E-state index in [9.17, 15) is 17.6 Å². The number of rotatable bonds is 2. The summed E-state index contributed by atoms with van der Waals surface area (Å²) in [6, 6.07) is 5.31. The smallest absolute Gasteiger partial charge is 0.252 e. The van der Waals surface area contributed by atoms with Gasteiger partial charge in [0.1, 0.15) is 5.82 Å². The number of halogens is 1. The third kappa shape index (κ3) is 2.94. The number of carbonyl (C=O) groups excluding carboxylic acids is 1. The zero-order valence-electron chi connectivity index (χ0n) is 12.0. The molecule has 2 heterocycles. The summed E-state index contributed by atoms with van der Waals surface area (Å²) in [5.41, 5.74) is 1.39. The topological polar surface area (TPSA) is 76.1 Å². The highest BCUT2D eigenvalue weighted by atomic mass is 32.2. The molecule has 0 bridgehead atoms. The van der Waals surface area contributed by atoms with E-state index in [2.05, 4.69) is 10.3 Å². The maximum atomic E-state index is 13.3. The standard InChI is InChI=1S/C15H15FN2O3S/c1-9-6-13(12-3-2-10(16)7-14(12)17-9)15(19)18-11-4-5-22(20,21)8-11/h2-3,6-7,11H,4-5,8H2,1H3,(H,18,19). The summed E-state index contributed by atoms with van der Waals surface area (Å²) in [6.07, 6.45) is 0.421. The van der Waals surface area contributed by atoms with E-state index in [0.717, 1.165) is 0 Å². The van der Waals surface area contributed by atoms with Gasteiger partial charge in [0.05, 0.1) is 22.6 Å².